The molecule has 0 aromatic heterocycles. The van der Waals surface area contributed by atoms with Gasteiger partial charge in [0.25, 0.3) is 0 Å². The summed E-state index contributed by atoms with van der Waals surface area (Å²) in [5.74, 6) is -0.391. The number of carbonyl (C=O) groups is 2. The van der Waals surface area contributed by atoms with E-state index in [4.69, 9.17) is 9.47 Å². The molecule has 0 spiro atoms. The standard InChI is InChI=1S/C26H26O4/c27-25-23(5-1-3-15-29-25)17-19-7-11-21(12-8-19)22-13-9-20(10-14-22)18-24-6-2-4-16-30-26(24)28/h7-14,17-18H,1-6,15-16H2. The average molecular weight is 402 g/mol. The molecule has 2 fully saturated rings. The normalized spacial score (nSPS) is 20.4. The number of benzene rings is 2. The van der Waals surface area contributed by atoms with E-state index in [0.29, 0.717) is 13.2 Å². The lowest BCUT2D eigenvalue weighted by Gasteiger charge is -2.06. The summed E-state index contributed by atoms with van der Waals surface area (Å²) in [6, 6.07) is 16.3. The Labute approximate surface area is 177 Å². The molecule has 0 N–H and O–H groups in total. The zero-order valence-corrected chi connectivity index (χ0v) is 17.1. The number of hydrogen-bond donors (Lipinski definition) is 0. The van der Waals surface area contributed by atoms with E-state index >= 15 is 0 Å². The van der Waals surface area contributed by atoms with Crippen molar-refractivity contribution < 1.29 is 19.1 Å². The predicted octanol–water partition coefficient (Wildman–Crippen LogP) is 5.57. The van der Waals surface area contributed by atoms with E-state index in [9.17, 15) is 9.59 Å². The zero-order valence-electron chi connectivity index (χ0n) is 17.1. The quantitative estimate of drug-likeness (QED) is 0.497. The Balaban J connectivity index is 1.48. The summed E-state index contributed by atoms with van der Waals surface area (Å²) in [6.07, 6.45) is 9.21. The van der Waals surface area contributed by atoms with Crippen LogP contribution in [0.5, 0.6) is 0 Å². The van der Waals surface area contributed by atoms with Crippen molar-refractivity contribution in [3.05, 3.63) is 70.8 Å². The van der Waals surface area contributed by atoms with Gasteiger partial charge in [-0.3, -0.25) is 0 Å². The fraction of sp³-hybridized carbons (Fsp3) is 0.308. The second kappa shape index (κ2) is 9.57. The summed E-state index contributed by atoms with van der Waals surface area (Å²) >= 11 is 0. The summed E-state index contributed by atoms with van der Waals surface area (Å²) < 4.78 is 10.4. The number of ether oxygens (including phenoxy) is 2. The Hall–Kier alpha value is -3.14. The molecular formula is C26H26O4. The maximum Gasteiger partial charge on any atom is 0.334 e. The molecule has 0 amide bonds. The topological polar surface area (TPSA) is 52.6 Å². The lowest BCUT2D eigenvalue weighted by atomic mass is 10.00. The average Bonchev–Trinajstić information content (AvgIpc) is 3.10. The lowest BCUT2D eigenvalue weighted by molar-refractivity contribution is -0.139. The zero-order chi connectivity index (χ0) is 20.8. The van der Waals surface area contributed by atoms with Crippen molar-refractivity contribution in [2.75, 3.05) is 13.2 Å². The minimum atomic E-state index is -0.196. The van der Waals surface area contributed by atoms with Crippen molar-refractivity contribution in [3.63, 3.8) is 0 Å². The van der Waals surface area contributed by atoms with Crippen molar-refractivity contribution in [1.82, 2.24) is 0 Å². The lowest BCUT2D eigenvalue weighted by Crippen LogP contribution is -2.04. The molecule has 0 radical (unpaired) electrons. The van der Waals surface area contributed by atoms with Crippen LogP contribution in [-0.2, 0) is 19.1 Å². The summed E-state index contributed by atoms with van der Waals surface area (Å²) in [6.45, 7) is 1.03. The molecule has 0 bridgehead atoms. The van der Waals surface area contributed by atoms with Crippen LogP contribution in [0.1, 0.15) is 49.7 Å². The second-order valence-electron chi connectivity index (χ2n) is 7.77. The molecule has 2 aromatic carbocycles. The molecule has 154 valence electrons. The second-order valence-corrected chi connectivity index (χ2v) is 7.77. The van der Waals surface area contributed by atoms with Gasteiger partial charge in [-0.05, 0) is 72.9 Å². The van der Waals surface area contributed by atoms with E-state index in [1.54, 1.807) is 0 Å². The highest BCUT2D eigenvalue weighted by atomic mass is 16.5. The van der Waals surface area contributed by atoms with Crippen LogP contribution in [0.3, 0.4) is 0 Å². The molecule has 30 heavy (non-hydrogen) atoms. The summed E-state index contributed by atoms with van der Waals surface area (Å²) in [5, 5.41) is 0. The molecule has 2 aliphatic rings. The number of cyclic esters (lactones) is 2. The Morgan fingerprint density at radius 3 is 1.37 bits per heavy atom. The molecule has 2 heterocycles. The molecule has 2 saturated heterocycles. The fourth-order valence-corrected chi connectivity index (χ4v) is 3.76. The molecule has 2 aliphatic heterocycles. The van der Waals surface area contributed by atoms with Crippen LogP contribution in [0.25, 0.3) is 23.3 Å². The van der Waals surface area contributed by atoms with E-state index in [2.05, 4.69) is 24.3 Å². The molecule has 4 heteroatoms. The van der Waals surface area contributed by atoms with Crippen molar-refractivity contribution >= 4 is 24.1 Å². The Morgan fingerprint density at radius 1 is 0.567 bits per heavy atom. The third kappa shape index (κ3) is 5.07. The first-order chi connectivity index (χ1) is 14.7. The number of esters is 2. The minimum Gasteiger partial charge on any atom is -0.462 e. The van der Waals surface area contributed by atoms with Crippen LogP contribution >= 0.6 is 0 Å². The van der Waals surface area contributed by atoms with E-state index in [-0.39, 0.29) is 11.9 Å². The van der Waals surface area contributed by atoms with Crippen LogP contribution in [-0.4, -0.2) is 25.2 Å². The van der Waals surface area contributed by atoms with Crippen molar-refractivity contribution in [2.24, 2.45) is 0 Å². The SMILES string of the molecule is O=C1OCCCCC1=Cc1ccc(-c2ccc(C=C3CCCCOC3=O)cc2)cc1. The molecule has 4 rings (SSSR count). The number of rotatable bonds is 3. The van der Waals surface area contributed by atoms with Gasteiger partial charge in [0.05, 0.1) is 13.2 Å². The van der Waals surface area contributed by atoms with E-state index in [0.717, 1.165) is 71.9 Å². The highest BCUT2D eigenvalue weighted by molar-refractivity contribution is 5.94. The van der Waals surface area contributed by atoms with Crippen LogP contribution < -0.4 is 0 Å². The van der Waals surface area contributed by atoms with Gasteiger partial charge < -0.3 is 9.47 Å². The number of hydrogen-bond acceptors (Lipinski definition) is 4. The molecule has 0 unspecified atom stereocenters. The molecule has 4 nitrogen and oxygen atoms in total. The summed E-state index contributed by atoms with van der Waals surface area (Å²) in [5.41, 5.74) is 5.70. The summed E-state index contributed by atoms with van der Waals surface area (Å²) in [4.78, 5) is 24.0. The largest absolute Gasteiger partial charge is 0.462 e. The van der Waals surface area contributed by atoms with Crippen molar-refractivity contribution in [1.29, 1.82) is 0 Å². The predicted molar refractivity (Wildman–Crippen MR) is 117 cm³/mol. The molecule has 0 saturated carbocycles. The van der Waals surface area contributed by atoms with Gasteiger partial charge in [0.15, 0.2) is 0 Å². The summed E-state index contributed by atoms with van der Waals surface area (Å²) in [7, 11) is 0. The Kier molecular flexibility index (Phi) is 6.43. The van der Waals surface area contributed by atoms with Gasteiger partial charge >= 0.3 is 11.9 Å². The van der Waals surface area contributed by atoms with Gasteiger partial charge in [0.2, 0.25) is 0 Å². The smallest absolute Gasteiger partial charge is 0.334 e. The van der Waals surface area contributed by atoms with Crippen molar-refractivity contribution in [3.8, 4) is 11.1 Å². The monoisotopic (exact) mass is 402 g/mol. The first-order valence-corrected chi connectivity index (χ1v) is 10.6. The van der Waals surface area contributed by atoms with Crippen LogP contribution in [0.2, 0.25) is 0 Å². The maximum absolute atomic E-state index is 12.0. The molecular weight excluding hydrogens is 376 g/mol. The van der Waals surface area contributed by atoms with Gasteiger partial charge in [-0.15, -0.1) is 0 Å². The Morgan fingerprint density at radius 2 is 0.967 bits per heavy atom. The molecule has 2 aromatic rings. The van der Waals surface area contributed by atoms with E-state index < -0.39 is 0 Å². The molecule has 0 atom stereocenters. The fourth-order valence-electron chi connectivity index (χ4n) is 3.76. The van der Waals surface area contributed by atoms with Gasteiger partial charge in [0.1, 0.15) is 0 Å². The van der Waals surface area contributed by atoms with Gasteiger partial charge in [-0.1, -0.05) is 48.5 Å². The van der Waals surface area contributed by atoms with Crippen molar-refractivity contribution in [2.45, 2.75) is 38.5 Å². The van der Waals surface area contributed by atoms with E-state index in [1.165, 1.54) is 0 Å². The first-order valence-electron chi connectivity index (χ1n) is 10.6. The molecule has 0 aliphatic carbocycles. The highest BCUT2D eigenvalue weighted by Crippen LogP contribution is 2.24. The number of carbonyl (C=O) groups excluding carboxylic acids is 2. The highest BCUT2D eigenvalue weighted by Gasteiger charge is 2.15. The van der Waals surface area contributed by atoms with E-state index in [1.807, 2.05) is 36.4 Å². The third-order valence-electron chi connectivity index (χ3n) is 5.51. The van der Waals surface area contributed by atoms with Crippen LogP contribution in [0.4, 0.5) is 0 Å². The first kappa shape index (κ1) is 20.1. The van der Waals surface area contributed by atoms with Crippen LogP contribution in [0.15, 0.2) is 59.7 Å². The van der Waals surface area contributed by atoms with Crippen LogP contribution in [0, 0.1) is 0 Å². The van der Waals surface area contributed by atoms with Gasteiger partial charge in [0, 0.05) is 11.1 Å². The van der Waals surface area contributed by atoms with Gasteiger partial charge in [-0.25, -0.2) is 9.59 Å². The minimum absolute atomic E-state index is 0.196. The van der Waals surface area contributed by atoms with Gasteiger partial charge in [-0.2, -0.15) is 0 Å². The Bertz CT molecular complexity index is 884. The maximum atomic E-state index is 12.0. The third-order valence-corrected chi connectivity index (χ3v) is 5.51.